The zero-order valence-corrected chi connectivity index (χ0v) is 17.2. The Kier molecular flexibility index (Phi) is 6.39. The van der Waals surface area contributed by atoms with Gasteiger partial charge in [-0.1, -0.05) is 70.0 Å². The molecule has 26 heavy (non-hydrogen) atoms. The fourth-order valence-electron chi connectivity index (χ4n) is 3.87. The van der Waals surface area contributed by atoms with E-state index >= 15 is 0 Å². The molecule has 2 aromatic rings. The summed E-state index contributed by atoms with van der Waals surface area (Å²) in [6.07, 6.45) is 6.38. The third-order valence-electron chi connectivity index (χ3n) is 6.06. The summed E-state index contributed by atoms with van der Waals surface area (Å²) in [5.41, 5.74) is 2.86. The highest BCUT2D eigenvalue weighted by molar-refractivity contribution is 5.95. The lowest BCUT2D eigenvalue weighted by Crippen LogP contribution is -2.22. The molecule has 2 atom stereocenters. The molecule has 0 saturated heterocycles. The van der Waals surface area contributed by atoms with Crippen molar-refractivity contribution in [2.75, 3.05) is 0 Å². The smallest absolute Gasteiger partial charge is 0.127 e. The molecule has 2 rings (SSSR count). The molecule has 0 aliphatic rings. The summed E-state index contributed by atoms with van der Waals surface area (Å²) in [6, 6.07) is 7.54. The van der Waals surface area contributed by atoms with Gasteiger partial charge >= 0.3 is 0 Å². The van der Waals surface area contributed by atoms with Crippen LogP contribution in [0.1, 0.15) is 71.4 Å². The van der Waals surface area contributed by atoms with Gasteiger partial charge in [-0.15, -0.1) is 0 Å². The lowest BCUT2D eigenvalue weighted by molar-refractivity contribution is 0.403. The highest BCUT2D eigenvalue weighted by atomic mass is 16.3. The quantitative estimate of drug-likeness (QED) is 0.415. The van der Waals surface area contributed by atoms with Crippen LogP contribution in [0, 0.1) is 12.8 Å². The van der Waals surface area contributed by atoms with E-state index in [1.54, 1.807) is 0 Å². The number of phenolic OH excluding ortho intramolecular Hbond substituents is 2. The Hall–Kier alpha value is -1.96. The minimum Gasteiger partial charge on any atom is -0.507 e. The van der Waals surface area contributed by atoms with Crippen LogP contribution in [0.2, 0.25) is 0 Å². The van der Waals surface area contributed by atoms with Crippen LogP contribution in [0.15, 0.2) is 35.9 Å². The molecule has 142 valence electrons. The van der Waals surface area contributed by atoms with Crippen molar-refractivity contribution >= 4 is 10.8 Å². The standard InChI is InChI=1S/C24H34O2/c1-7-16(3)15-17(4)13-14-24(6,8-2)21-18(5)22(25)19-11-9-10-12-20(19)23(21)26/h9-13,16,25-26H,7-8,14-15H2,1-6H3/b17-13+. The van der Waals surface area contributed by atoms with Crippen molar-refractivity contribution in [1.29, 1.82) is 0 Å². The molecule has 0 radical (unpaired) electrons. The van der Waals surface area contributed by atoms with Gasteiger partial charge in [-0.2, -0.15) is 0 Å². The van der Waals surface area contributed by atoms with Crippen LogP contribution in [0.5, 0.6) is 11.5 Å². The first-order valence-electron chi connectivity index (χ1n) is 9.84. The number of allylic oxidation sites excluding steroid dienone is 2. The Balaban J connectivity index is 2.51. The van der Waals surface area contributed by atoms with Crippen molar-refractivity contribution in [2.24, 2.45) is 5.92 Å². The molecule has 2 unspecified atom stereocenters. The van der Waals surface area contributed by atoms with Crippen LogP contribution in [-0.2, 0) is 5.41 Å². The van der Waals surface area contributed by atoms with E-state index in [-0.39, 0.29) is 11.2 Å². The molecular weight excluding hydrogens is 320 g/mol. The summed E-state index contributed by atoms with van der Waals surface area (Å²) in [5.74, 6) is 1.29. The summed E-state index contributed by atoms with van der Waals surface area (Å²) < 4.78 is 0. The van der Waals surface area contributed by atoms with Gasteiger partial charge in [-0.3, -0.25) is 0 Å². The molecule has 0 aromatic heterocycles. The summed E-state index contributed by atoms with van der Waals surface area (Å²) in [6.45, 7) is 13.0. The van der Waals surface area contributed by atoms with E-state index in [9.17, 15) is 10.2 Å². The Labute approximate surface area is 158 Å². The Morgan fingerprint density at radius 2 is 1.69 bits per heavy atom. The molecule has 0 aliphatic carbocycles. The maximum atomic E-state index is 11.0. The second kappa shape index (κ2) is 8.16. The fraction of sp³-hybridized carbons (Fsp3) is 0.500. The van der Waals surface area contributed by atoms with E-state index < -0.39 is 0 Å². The third kappa shape index (κ3) is 3.90. The average Bonchev–Trinajstić information content (AvgIpc) is 2.64. The molecule has 2 N–H and O–H groups in total. The number of rotatable bonds is 7. The van der Waals surface area contributed by atoms with Gasteiger partial charge in [-0.25, -0.2) is 0 Å². The monoisotopic (exact) mass is 354 g/mol. The van der Waals surface area contributed by atoms with Crippen LogP contribution in [0.4, 0.5) is 0 Å². The van der Waals surface area contributed by atoms with E-state index in [2.05, 4.69) is 40.7 Å². The van der Waals surface area contributed by atoms with Gasteiger partial charge in [0.15, 0.2) is 0 Å². The molecule has 0 heterocycles. The second-order valence-corrected chi connectivity index (χ2v) is 8.13. The van der Waals surface area contributed by atoms with E-state index in [1.807, 2.05) is 31.2 Å². The predicted octanol–water partition coefficient (Wildman–Crippen LogP) is 7.00. The Morgan fingerprint density at radius 3 is 2.23 bits per heavy atom. The minimum absolute atomic E-state index is 0.216. The van der Waals surface area contributed by atoms with Crippen LogP contribution in [0.3, 0.4) is 0 Å². The van der Waals surface area contributed by atoms with Crippen molar-refractivity contribution in [2.45, 2.75) is 72.6 Å². The third-order valence-corrected chi connectivity index (χ3v) is 6.06. The summed E-state index contributed by atoms with van der Waals surface area (Å²) in [5, 5.41) is 23.2. The molecule has 0 saturated carbocycles. The number of phenols is 2. The molecule has 0 spiro atoms. The highest BCUT2D eigenvalue weighted by Gasteiger charge is 2.31. The lowest BCUT2D eigenvalue weighted by atomic mass is 9.73. The lowest BCUT2D eigenvalue weighted by Gasteiger charge is -2.31. The van der Waals surface area contributed by atoms with E-state index in [1.165, 1.54) is 12.0 Å². The minimum atomic E-state index is -0.216. The Bertz CT molecular complexity index is 803. The van der Waals surface area contributed by atoms with Crippen molar-refractivity contribution in [3.05, 3.63) is 47.0 Å². The van der Waals surface area contributed by atoms with Gasteiger partial charge in [0, 0.05) is 16.3 Å². The van der Waals surface area contributed by atoms with Crippen molar-refractivity contribution < 1.29 is 10.2 Å². The van der Waals surface area contributed by atoms with Crippen LogP contribution in [-0.4, -0.2) is 10.2 Å². The predicted molar refractivity (Wildman–Crippen MR) is 112 cm³/mol. The van der Waals surface area contributed by atoms with Gasteiger partial charge in [0.2, 0.25) is 0 Å². The van der Waals surface area contributed by atoms with E-state index in [0.29, 0.717) is 17.1 Å². The molecule has 0 bridgehead atoms. The first-order valence-corrected chi connectivity index (χ1v) is 9.84. The number of aromatic hydroxyl groups is 2. The Morgan fingerprint density at radius 1 is 1.12 bits per heavy atom. The molecule has 2 aromatic carbocycles. The summed E-state index contributed by atoms with van der Waals surface area (Å²) in [7, 11) is 0. The maximum absolute atomic E-state index is 11.0. The van der Waals surface area contributed by atoms with E-state index in [4.69, 9.17) is 0 Å². The first-order chi connectivity index (χ1) is 12.2. The summed E-state index contributed by atoms with van der Waals surface area (Å²) >= 11 is 0. The second-order valence-electron chi connectivity index (χ2n) is 8.13. The van der Waals surface area contributed by atoms with Crippen molar-refractivity contribution in [1.82, 2.24) is 0 Å². The number of hydrogen-bond donors (Lipinski definition) is 2. The zero-order chi connectivity index (χ0) is 19.5. The zero-order valence-electron chi connectivity index (χ0n) is 17.2. The van der Waals surface area contributed by atoms with Gasteiger partial charge in [0.05, 0.1) is 0 Å². The van der Waals surface area contributed by atoms with Gasteiger partial charge < -0.3 is 10.2 Å². The first kappa shape index (κ1) is 20.4. The number of hydrogen-bond acceptors (Lipinski definition) is 2. The van der Waals surface area contributed by atoms with Crippen LogP contribution < -0.4 is 0 Å². The van der Waals surface area contributed by atoms with Crippen molar-refractivity contribution in [3.8, 4) is 11.5 Å². The number of benzene rings is 2. The van der Waals surface area contributed by atoms with Crippen LogP contribution >= 0.6 is 0 Å². The van der Waals surface area contributed by atoms with E-state index in [0.717, 1.165) is 35.8 Å². The van der Waals surface area contributed by atoms with Crippen molar-refractivity contribution in [3.63, 3.8) is 0 Å². The normalized spacial score (nSPS) is 15.8. The number of fused-ring (bicyclic) bond motifs is 1. The SMILES string of the molecule is CCC(C)C/C(C)=C/CC(C)(CC)c1c(C)c(O)c2ccccc2c1O. The topological polar surface area (TPSA) is 40.5 Å². The van der Waals surface area contributed by atoms with Crippen LogP contribution in [0.25, 0.3) is 10.8 Å². The van der Waals surface area contributed by atoms with Gasteiger partial charge in [0.25, 0.3) is 0 Å². The highest BCUT2D eigenvalue weighted by Crippen LogP contribution is 2.47. The fourth-order valence-corrected chi connectivity index (χ4v) is 3.87. The molecule has 0 amide bonds. The van der Waals surface area contributed by atoms with Gasteiger partial charge in [-0.05, 0) is 50.0 Å². The molecule has 2 heteroatoms. The van der Waals surface area contributed by atoms with Gasteiger partial charge in [0.1, 0.15) is 11.5 Å². The largest absolute Gasteiger partial charge is 0.507 e. The maximum Gasteiger partial charge on any atom is 0.127 e. The molecule has 2 nitrogen and oxygen atoms in total. The summed E-state index contributed by atoms with van der Waals surface area (Å²) in [4.78, 5) is 0. The molecule has 0 aliphatic heterocycles. The molecular formula is C24H34O2. The average molecular weight is 355 g/mol. The molecule has 0 fully saturated rings.